The molecule has 1 aliphatic heterocycles. The minimum absolute atomic E-state index is 0.0744. The second kappa shape index (κ2) is 20.0. The van der Waals surface area contributed by atoms with Crippen LogP contribution in [-0.4, -0.2) is 18.7 Å². The Bertz CT molecular complexity index is 4890. The van der Waals surface area contributed by atoms with Crippen LogP contribution in [0.5, 0.6) is 11.5 Å². The van der Waals surface area contributed by atoms with Gasteiger partial charge in [-0.05, 0) is 51.6 Å². The zero-order valence-corrected chi connectivity index (χ0v) is 52.9. The van der Waals surface area contributed by atoms with Gasteiger partial charge in [-0.2, -0.15) is 0 Å². The molecule has 15 rings (SSSR count). The SMILES string of the molecule is CC(C)(C)c1cc(-c2cc(C(C)(C)C)cc(-c3ccccc3)c2-n2[c](=[Pt])n(-c3[c-]c(Oc4[c-]c5c(cc4)c4cc6c(cc4n5-c4ccccn4)C4(c5ccccc5Sc5ccccc54)c4ccccc4-6)ccc3)c3ccccc32)cc(C(C)(C)C)c1. The number of ether oxygens (including phenoxy) is 1. The summed E-state index contributed by atoms with van der Waals surface area (Å²) in [5.74, 6) is 1.97. The summed E-state index contributed by atoms with van der Waals surface area (Å²) >= 11 is 4.41. The molecule has 0 amide bonds. The zero-order valence-electron chi connectivity index (χ0n) is 49.8. The average Bonchev–Trinajstić information content (AvgIpc) is 1.51. The summed E-state index contributed by atoms with van der Waals surface area (Å²) in [4.78, 5) is 7.57. The van der Waals surface area contributed by atoms with Gasteiger partial charge >= 0.3 is 371 Å². The van der Waals surface area contributed by atoms with Crippen LogP contribution in [0.25, 0.3) is 83.4 Å². The molecule has 0 bridgehead atoms. The van der Waals surface area contributed by atoms with Gasteiger partial charge in [-0.3, -0.25) is 0 Å². The van der Waals surface area contributed by atoms with E-state index in [2.05, 4.69) is 314 Å². The topological polar surface area (TPSA) is 36.9 Å². The van der Waals surface area contributed by atoms with E-state index >= 15 is 0 Å². The number of rotatable bonds is 7. The van der Waals surface area contributed by atoms with Crippen molar-refractivity contribution in [1.82, 2.24) is 18.7 Å². The number of nitrogens with zero attached hydrogens (tertiary/aromatic N) is 4. The van der Waals surface area contributed by atoms with Gasteiger partial charge in [0.15, 0.2) is 0 Å². The fraction of sp³-hybridized carbons (Fsp3) is 0.165. The van der Waals surface area contributed by atoms with Gasteiger partial charge in [0.05, 0.1) is 5.41 Å². The first kappa shape index (κ1) is 54.1. The normalized spacial score (nSPS) is 13.5. The first-order valence-corrected chi connectivity index (χ1v) is 31.6. The van der Waals surface area contributed by atoms with E-state index in [1.165, 1.54) is 76.6 Å². The molecule has 0 N–H and O–H groups in total. The molecule has 7 heteroatoms. The molecule has 10 aromatic carbocycles. The molecule has 0 fully saturated rings. The molecule has 0 saturated carbocycles. The number of aromatic nitrogens is 4. The number of fused-ring (bicyclic) bond motifs is 13. The van der Waals surface area contributed by atoms with Crippen LogP contribution in [0, 0.1) is 15.9 Å². The number of hydrogen-bond acceptors (Lipinski definition) is 3. The van der Waals surface area contributed by atoms with E-state index in [4.69, 9.17) is 9.72 Å². The number of para-hydroxylation sites is 2. The van der Waals surface area contributed by atoms with Crippen LogP contribution in [-0.2, 0) is 41.0 Å². The van der Waals surface area contributed by atoms with Crippen molar-refractivity contribution in [1.29, 1.82) is 0 Å². The fourth-order valence-electron chi connectivity index (χ4n) is 13.4. The number of hydrogen-bond donors (Lipinski definition) is 0. The summed E-state index contributed by atoms with van der Waals surface area (Å²) in [6, 6.07) is 87.9. The monoisotopic (exact) mass is 1310 g/mol. The second-order valence-corrected chi connectivity index (χ2v) is 28.3. The van der Waals surface area contributed by atoms with E-state index < -0.39 is 5.41 Å². The summed E-state index contributed by atoms with van der Waals surface area (Å²) in [5, 5.41) is 2.20. The van der Waals surface area contributed by atoms with E-state index in [0.717, 1.165) is 59.4 Å². The number of pyridine rings is 1. The van der Waals surface area contributed by atoms with Crippen LogP contribution < -0.4 is 4.74 Å². The maximum atomic E-state index is 6.98. The summed E-state index contributed by atoms with van der Waals surface area (Å²) in [7, 11) is 0. The Morgan fingerprint density at radius 2 is 1.01 bits per heavy atom. The number of imidazole rings is 1. The van der Waals surface area contributed by atoms with Crippen LogP contribution in [0.2, 0.25) is 0 Å². The van der Waals surface area contributed by atoms with Crippen molar-refractivity contribution in [2.75, 3.05) is 0 Å². The van der Waals surface area contributed by atoms with Crippen molar-refractivity contribution < 1.29 is 24.1 Å². The molecule has 3 aromatic heterocycles. The summed E-state index contributed by atoms with van der Waals surface area (Å²) in [6.07, 6.45) is 1.87. The molecule has 0 unspecified atom stereocenters. The molecule has 2 aliphatic rings. The van der Waals surface area contributed by atoms with Crippen LogP contribution in [0.3, 0.4) is 0 Å². The average molecular weight is 1310 g/mol. The van der Waals surface area contributed by atoms with Crippen LogP contribution >= 0.6 is 11.8 Å². The van der Waals surface area contributed by atoms with Gasteiger partial charge in [-0.25, -0.2) is 0 Å². The van der Waals surface area contributed by atoms with Gasteiger partial charge in [0.2, 0.25) is 0 Å². The summed E-state index contributed by atoms with van der Waals surface area (Å²) in [5.41, 5.74) is 21.6. The molecule has 1 spiro atoms. The van der Waals surface area contributed by atoms with Gasteiger partial charge in [-0.1, -0.05) is 78.5 Å². The van der Waals surface area contributed by atoms with E-state index in [9.17, 15) is 0 Å². The molecule has 1 aliphatic carbocycles. The molecule has 424 valence electrons. The molecule has 0 saturated heterocycles. The van der Waals surface area contributed by atoms with E-state index in [1.807, 2.05) is 30.1 Å². The second-order valence-electron chi connectivity index (χ2n) is 26.2. The van der Waals surface area contributed by atoms with Crippen LogP contribution in [0.1, 0.15) is 101 Å². The third kappa shape index (κ3) is 8.61. The predicted octanol–water partition coefficient (Wildman–Crippen LogP) is 20.4. The molecule has 0 radical (unpaired) electrons. The predicted molar refractivity (Wildman–Crippen MR) is 351 cm³/mol. The molecule has 4 heterocycles. The minimum atomic E-state index is -0.525. The zero-order chi connectivity index (χ0) is 59.0. The molecule has 0 atom stereocenters. The van der Waals surface area contributed by atoms with Gasteiger partial charge in [0.25, 0.3) is 0 Å². The Morgan fingerprint density at radius 3 is 1.67 bits per heavy atom. The van der Waals surface area contributed by atoms with Crippen molar-refractivity contribution in [2.24, 2.45) is 0 Å². The first-order chi connectivity index (χ1) is 41.4. The van der Waals surface area contributed by atoms with Gasteiger partial charge in [0.1, 0.15) is 0 Å². The van der Waals surface area contributed by atoms with Crippen LogP contribution in [0.15, 0.2) is 234 Å². The van der Waals surface area contributed by atoms with Crippen molar-refractivity contribution >= 4 is 44.6 Å². The Balaban J connectivity index is 0.900. The maximum absolute atomic E-state index is 6.98. The quantitative estimate of drug-likeness (QED) is 0.149. The fourth-order valence-corrected chi connectivity index (χ4v) is 15.6. The van der Waals surface area contributed by atoms with Crippen molar-refractivity contribution in [3.8, 4) is 62.1 Å². The van der Waals surface area contributed by atoms with Crippen molar-refractivity contribution in [2.45, 2.75) is 93.8 Å². The first-order valence-electron chi connectivity index (χ1n) is 29.7. The van der Waals surface area contributed by atoms with Crippen molar-refractivity contribution in [3.63, 3.8) is 0 Å². The molecule has 86 heavy (non-hydrogen) atoms. The third-order valence-corrected chi connectivity index (χ3v) is 19.8. The van der Waals surface area contributed by atoms with Gasteiger partial charge < -0.3 is 0 Å². The Labute approximate surface area is 519 Å². The Morgan fingerprint density at radius 1 is 0.430 bits per heavy atom. The van der Waals surface area contributed by atoms with Gasteiger partial charge in [-0.15, -0.1) is 0 Å². The Kier molecular flexibility index (Phi) is 12.6. The van der Waals surface area contributed by atoms with E-state index in [1.54, 1.807) is 0 Å². The third-order valence-electron chi connectivity index (χ3n) is 17.7. The number of benzene rings is 10. The van der Waals surface area contributed by atoms with Crippen molar-refractivity contribution in [3.05, 3.63) is 279 Å². The van der Waals surface area contributed by atoms with Crippen LogP contribution in [0.4, 0.5) is 0 Å². The standard InChI is InChI=1S/C79H64N4OS.Pt/c1-76(2,3)52-40-51(41-53(42-52)77(4,5)6)61-44-54(78(7,8)9)43-60(50-24-11-10-12-25-50)75(61)82-49-81(68-32-17-18-33-69(68)82)55-26-23-27-56(45-55)84-57-37-38-59-63-47-62-58-28-13-14-29-64(58)79(65-30-15-19-34-72(65)85-73-35-20-16-31-66(73)79)67(62)48-71(63)83(70(59)46-57)74-36-21-22-39-80-74;/h10-44,47-48H,1-9H3;/q-2;. The molecular formula is C79H64N4OPtS-2. The van der Waals surface area contributed by atoms with E-state index in [-0.39, 0.29) is 16.2 Å². The summed E-state index contributed by atoms with van der Waals surface area (Å²) in [6.45, 7) is 20.9. The summed E-state index contributed by atoms with van der Waals surface area (Å²) < 4.78 is 15.1. The molecular weight excluding hydrogens is 1250 g/mol. The molecule has 5 nitrogen and oxygen atoms in total. The van der Waals surface area contributed by atoms with E-state index in [0.29, 0.717) is 11.5 Å². The van der Waals surface area contributed by atoms with Gasteiger partial charge in [0, 0.05) is 16.0 Å². The Hall–Kier alpha value is -8.54. The molecule has 13 aromatic rings.